The van der Waals surface area contributed by atoms with Crippen molar-refractivity contribution in [1.82, 2.24) is 9.88 Å². The normalized spacial score (nSPS) is 22.2. The van der Waals surface area contributed by atoms with E-state index in [2.05, 4.69) is 16.0 Å². The van der Waals surface area contributed by atoms with Crippen LogP contribution in [0.25, 0.3) is 0 Å². The summed E-state index contributed by atoms with van der Waals surface area (Å²) in [5, 5.41) is 9.82. The van der Waals surface area contributed by atoms with Gasteiger partial charge in [0.1, 0.15) is 0 Å². The highest BCUT2D eigenvalue weighted by Gasteiger charge is 2.25. The monoisotopic (exact) mass is 250 g/mol. The third-order valence-electron chi connectivity index (χ3n) is 3.36. The number of hydrogen-bond acceptors (Lipinski definition) is 4. The summed E-state index contributed by atoms with van der Waals surface area (Å²) in [5.41, 5.74) is 1.17. The SMILES string of the molecule is CCOC[C@H](O)CN1CC[C@H](c2ccccn2)C1. The molecule has 0 saturated carbocycles. The zero-order chi connectivity index (χ0) is 12.8. The van der Waals surface area contributed by atoms with Crippen LogP contribution >= 0.6 is 0 Å². The van der Waals surface area contributed by atoms with Gasteiger partial charge in [0, 0.05) is 37.5 Å². The van der Waals surface area contributed by atoms with Crippen molar-refractivity contribution in [2.45, 2.75) is 25.4 Å². The first-order valence-corrected chi connectivity index (χ1v) is 6.68. The van der Waals surface area contributed by atoms with Gasteiger partial charge in [-0.05, 0) is 32.0 Å². The summed E-state index contributed by atoms with van der Waals surface area (Å²) < 4.78 is 5.23. The van der Waals surface area contributed by atoms with Crippen molar-refractivity contribution in [2.24, 2.45) is 0 Å². The van der Waals surface area contributed by atoms with Crippen LogP contribution < -0.4 is 0 Å². The summed E-state index contributed by atoms with van der Waals surface area (Å²) in [6, 6.07) is 6.07. The number of aliphatic hydroxyl groups is 1. The van der Waals surface area contributed by atoms with Gasteiger partial charge in [0.15, 0.2) is 0 Å². The van der Waals surface area contributed by atoms with Crippen LogP contribution in [0.1, 0.15) is 25.0 Å². The van der Waals surface area contributed by atoms with Gasteiger partial charge in [-0.1, -0.05) is 6.07 Å². The Labute approximate surface area is 109 Å². The minimum Gasteiger partial charge on any atom is -0.389 e. The highest BCUT2D eigenvalue weighted by molar-refractivity contribution is 5.11. The van der Waals surface area contributed by atoms with Gasteiger partial charge in [0.05, 0.1) is 12.7 Å². The van der Waals surface area contributed by atoms with Crippen molar-refractivity contribution in [2.75, 3.05) is 32.8 Å². The van der Waals surface area contributed by atoms with Gasteiger partial charge in [-0.25, -0.2) is 0 Å². The third-order valence-corrected chi connectivity index (χ3v) is 3.36. The van der Waals surface area contributed by atoms with Gasteiger partial charge >= 0.3 is 0 Å². The molecule has 4 heteroatoms. The largest absolute Gasteiger partial charge is 0.389 e. The van der Waals surface area contributed by atoms with Gasteiger partial charge in [-0.15, -0.1) is 0 Å². The molecule has 1 N–H and O–H groups in total. The number of likely N-dealkylation sites (tertiary alicyclic amines) is 1. The number of nitrogens with zero attached hydrogens (tertiary/aromatic N) is 2. The molecule has 1 aromatic heterocycles. The molecule has 100 valence electrons. The molecule has 0 aromatic carbocycles. The highest BCUT2D eigenvalue weighted by Crippen LogP contribution is 2.25. The first-order chi connectivity index (χ1) is 8.79. The van der Waals surface area contributed by atoms with Gasteiger partial charge in [-0.2, -0.15) is 0 Å². The minimum atomic E-state index is -0.382. The van der Waals surface area contributed by atoms with Crippen molar-refractivity contribution in [3.8, 4) is 0 Å². The van der Waals surface area contributed by atoms with Crippen molar-refractivity contribution in [3.63, 3.8) is 0 Å². The molecule has 1 aliphatic heterocycles. The first kappa shape index (κ1) is 13.5. The predicted molar refractivity (Wildman–Crippen MR) is 70.5 cm³/mol. The first-order valence-electron chi connectivity index (χ1n) is 6.68. The van der Waals surface area contributed by atoms with E-state index in [0.29, 0.717) is 25.7 Å². The maximum absolute atomic E-state index is 9.82. The molecule has 0 amide bonds. The Morgan fingerprint density at radius 2 is 2.44 bits per heavy atom. The summed E-state index contributed by atoms with van der Waals surface area (Å²) in [5.74, 6) is 0.505. The molecule has 0 spiro atoms. The molecule has 0 bridgehead atoms. The second kappa shape index (κ2) is 6.83. The average molecular weight is 250 g/mol. The van der Waals surface area contributed by atoms with Crippen LogP contribution in [0, 0.1) is 0 Å². The van der Waals surface area contributed by atoms with E-state index < -0.39 is 0 Å². The van der Waals surface area contributed by atoms with Crippen molar-refractivity contribution < 1.29 is 9.84 Å². The number of ether oxygens (including phenoxy) is 1. The van der Waals surface area contributed by atoms with Crippen LogP contribution in [0.2, 0.25) is 0 Å². The van der Waals surface area contributed by atoms with Gasteiger partial charge in [0.25, 0.3) is 0 Å². The Hall–Kier alpha value is -0.970. The Morgan fingerprint density at radius 3 is 3.17 bits per heavy atom. The van der Waals surface area contributed by atoms with Crippen molar-refractivity contribution in [1.29, 1.82) is 0 Å². The topological polar surface area (TPSA) is 45.6 Å². The molecule has 0 unspecified atom stereocenters. The van der Waals surface area contributed by atoms with E-state index in [1.54, 1.807) is 0 Å². The standard InChI is InChI=1S/C14H22N2O2/c1-2-18-11-13(17)10-16-8-6-12(9-16)14-5-3-4-7-15-14/h3-5,7,12-13,17H,2,6,8-11H2,1H3/t12-,13+/m0/s1. The lowest BCUT2D eigenvalue weighted by atomic mass is 10.0. The van der Waals surface area contributed by atoms with Gasteiger partial charge < -0.3 is 9.84 Å². The maximum Gasteiger partial charge on any atom is 0.0900 e. The van der Waals surface area contributed by atoms with Crippen LogP contribution in [-0.4, -0.2) is 53.9 Å². The molecule has 0 radical (unpaired) electrons. The fraction of sp³-hybridized carbons (Fsp3) is 0.643. The smallest absolute Gasteiger partial charge is 0.0900 e. The molecular weight excluding hydrogens is 228 g/mol. The summed E-state index contributed by atoms with van der Waals surface area (Å²) in [4.78, 5) is 6.70. The van der Waals surface area contributed by atoms with E-state index in [1.807, 2.05) is 25.3 Å². The van der Waals surface area contributed by atoms with E-state index >= 15 is 0 Å². The number of aliphatic hydroxyl groups excluding tert-OH is 1. The Kier molecular flexibility index (Phi) is 5.11. The number of rotatable bonds is 6. The summed E-state index contributed by atoms with van der Waals surface area (Å²) >= 11 is 0. The lowest BCUT2D eigenvalue weighted by Crippen LogP contribution is -2.33. The fourth-order valence-electron chi connectivity index (χ4n) is 2.46. The quantitative estimate of drug-likeness (QED) is 0.826. The van der Waals surface area contributed by atoms with E-state index in [0.717, 1.165) is 19.5 Å². The second-order valence-corrected chi connectivity index (χ2v) is 4.81. The molecule has 1 aliphatic rings. The zero-order valence-corrected chi connectivity index (χ0v) is 11.0. The zero-order valence-electron chi connectivity index (χ0n) is 11.0. The second-order valence-electron chi connectivity index (χ2n) is 4.81. The predicted octanol–water partition coefficient (Wildman–Crippen LogP) is 1.27. The van der Waals surface area contributed by atoms with Crippen LogP contribution in [0.4, 0.5) is 0 Å². The molecule has 1 fully saturated rings. The Balaban J connectivity index is 1.78. The molecule has 0 aliphatic carbocycles. The van der Waals surface area contributed by atoms with E-state index in [-0.39, 0.29) is 6.10 Å². The molecule has 18 heavy (non-hydrogen) atoms. The lowest BCUT2D eigenvalue weighted by molar-refractivity contribution is 0.0250. The van der Waals surface area contributed by atoms with Crippen molar-refractivity contribution in [3.05, 3.63) is 30.1 Å². The van der Waals surface area contributed by atoms with Crippen LogP contribution in [0.15, 0.2) is 24.4 Å². The van der Waals surface area contributed by atoms with Crippen LogP contribution in [0.5, 0.6) is 0 Å². The van der Waals surface area contributed by atoms with Crippen LogP contribution in [0.3, 0.4) is 0 Å². The molecule has 2 atom stereocenters. The number of aromatic nitrogens is 1. The summed E-state index contributed by atoms with van der Waals surface area (Å²) in [6.07, 6.45) is 2.59. The Bertz CT molecular complexity index is 345. The fourth-order valence-corrected chi connectivity index (χ4v) is 2.46. The van der Waals surface area contributed by atoms with E-state index in [9.17, 15) is 5.11 Å². The van der Waals surface area contributed by atoms with E-state index in [1.165, 1.54) is 5.69 Å². The van der Waals surface area contributed by atoms with E-state index in [4.69, 9.17) is 4.74 Å². The molecule has 2 rings (SSSR count). The molecule has 1 aromatic rings. The average Bonchev–Trinajstić information content (AvgIpc) is 2.86. The number of pyridine rings is 1. The van der Waals surface area contributed by atoms with Gasteiger partial charge in [-0.3, -0.25) is 9.88 Å². The summed E-state index contributed by atoms with van der Waals surface area (Å²) in [7, 11) is 0. The maximum atomic E-state index is 9.82. The minimum absolute atomic E-state index is 0.382. The third kappa shape index (κ3) is 3.77. The number of hydrogen-bond donors (Lipinski definition) is 1. The Morgan fingerprint density at radius 1 is 1.56 bits per heavy atom. The molecule has 2 heterocycles. The van der Waals surface area contributed by atoms with Crippen LogP contribution in [-0.2, 0) is 4.74 Å². The summed E-state index contributed by atoms with van der Waals surface area (Å²) in [6.45, 7) is 5.75. The highest BCUT2D eigenvalue weighted by atomic mass is 16.5. The molecule has 4 nitrogen and oxygen atoms in total. The van der Waals surface area contributed by atoms with Crippen molar-refractivity contribution >= 4 is 0 Å². The number of β-amino-alcohol motifs (C(OH)–C–C–N with tert-alkyl or cyclic N) is 1. The lowest BCUT2D eigenvalue weighted by Gasteiger charge is -2.19. The molecular formula is C14H22N2O2. The van der Waals surface area contributed by atoms with Gasteiger partial charge in [0.2, 0.25) is 0 Å². The molecule has 1 saturated heterocycles.